The van der Waals surface area contributed by atoms with E-state index in [2.05, 4.69) is 41.3 Å². The van der Waals surface area contributed by atoms with E-state index >= 15 is 4.57 Å². The van der Waals surface area contributed by atoms with E-state index in [0.717, 1.165) is 46.4 Å². The van der Waals surface area contributed by atoms with Crippen LogP contribution in [0.2, 0.25) is 0 Å². The second kappa shape index (κ2) is 8.94. The molecule has 0 bridgehead atoms. The molecule has 1 atom stereocenters. The first-order valence-electron chi connectivity index (χ1n) is 11.2. The highest BCUT2D eigenvalue weighted by atomic mass is 31.2. The maximum absolute atomic E-state index is 15.2. The predicted octanol–water partition coefficient (Wildman–Crippen LogP) is 5.09. The number of fused-ring (bicyclic) bond motifs is 1. The molecule has 0 aliphatic carbocycles. The van der Waals surface area contributed by atoms with Crippen LogP contribution in [0.4, 0.5) is 5.69 Å². The van der Waals surface area contributed by atoms with E-state index in [4.69, 9.17) is 4.74 Å². The summed E-state index contributed by atoms with van der Waals surface area (Å²) in [5.74, 6) is 0. The molecular formula is C28H28NO2P. The average Bonchev–Trinajstić information content (AvgIpc) is 3.32. The van der Waals surface area contributed by atoms with Crippen LogP contribution in [-0.2, 0) is 9.30 Å². The maximum Gasteiger partial charge on any atom is 0.173 e. The van der Waals surface area contributed by atoms with Crippen LogP contribution in [0, 0.1) is 0 Å². The van der Waals surface area contributed by atoms with E-state index in [0.29, 0.717) is 6.61 Å². The first kappa shape index (κ1) is 21.0. The first-order chi connectivity index (χ1) is 15.7. The van der Waals surface area contributed by atoms with Crippen molar-refractivity contribution in [3.05, 3.63) is 97.1 Å². The molecule has 0 saturated carbocycles. The molecule has 0 unspecified atom stereocenters. The van der Waals surface area contributed by atoms with Crippen molar-refractivity contribution in [2.24, 2.45) is 0 Å². The van der Waals surface area contributed by atoms with Gasteiger partial charge in [-0.3, -0.25) is 0 Å². The van der Waals surface area contributed by atoms with Gasteiger partial charge >= 0.3 is 0 Å². The van der Waals surface area contributed by atoms with Gasteiger partial charge in [-0.1, -0.05) is 91.0 Å². The van der Waals surface area contributed by atoms with E-state index in [1.165, 1.54) is 5.39 Å². The van der Waals surface area contributed by atoms with Gasteiger partial charge in [-0.2, -0.15) is 0 Å². The fourth-order valence-corrected chi connectivity index (χ4v) is 7.87. The number of hydrogen-bond donors (Lipinski definition) is 0. The molecule has 0 spiro atoms. The Bertz CT molecular complexity index is 1210. The molecule has 1 saturated heterocycles. The summed E-state index contributed by atoms with van der Waals surface area (Å²) in [5, 5.41) is 4.97. The molecule has 0 aromatic heterocycles. The molecule has 3 nitrogen and oxygen atoms in total. The predicted molar refractivity (Wildman–Crippen MR) is 136 cm³/mol. The third-order valence-electron chi connectivity index (χ3n) is 6.48. The number of anilines is 1. The van der Waals surface area contributed by atoms with Gasteiger partial charge in [-0.05, 0) is 24.3 Å². The molecule has 1 heterocycles. The van der Waals surface area contributed by atoms with Crippen molar-refractivity contribution in [2.75, 3.05) is 25.2 Å². The zero-order valence-electron chi connectivity index (χ0n) is 18.4. The lowest BCUT2D eigenvalue weighted by Crippen LogP contribution is -2.38. The Morgan fingerprint density at radius 1 is 0.844 bits per heavy atom. The van der Waals surface area contributed by atoms with Crippen molar-refractivity contribution in [3.63, 3.8) is 0 Å². The third-order valence-corrected chi connectivity index (χ3v) is 9.57. The molecule has 0 amide bonds. The summed E-state index contributed by atoms with van der Waals surface area (Å²) in [4.78, 5) is 2.44. The minimum Gasteiger partial charge on any atom is -0.383 e. The Hall–Kier alpha value is -2.87. The summed E-state index contributed by atoms with van der Waals surface area (Å²) in [6.45, 7) is 1.61. The largest absolute Gasteiger partial charge is 0.383 e. The van der Waals surface area contributed by atoms with Crippen molar-refractivity contribution in [2.45, 2.75) is 18.9 Å². The van der Waals surface area contributed by atoms with Gasteiger partial charge in [0.15, 0.2) is 7.14 Å². The zero-order chi connectivity index (χ0) is 22.0. The van der Waals surface area contributed by atoms with Gasteiger partial charge in [0.1, 0.15) is 0 Å². The van der Waals surface area contributed by atoms with E-state index in [1.807, 2.05) is 60.7 Å². The smallest absolute Gasteiger partial charge is 0.173 e. The minimum absolute atomic E-state index is 0.282. The molecule has 1 aliphatic rings. The van der Waals surface area contributed by atoms with Crippen LogP contribution < -0.4 is 20.8 Å². The lowest BCUT2D eigenvalue weighted by atomic mass is 10.1. The Labute approximate surface area is 190 Å². The molecule has 32 heavy (non-hydrogen) atoms. The van der Waals surface area contributed by atoms with Gasteiger partial charge in [0.25, 0.3) is 0 Å². The van der Waals surface area contributed by atoms with Crippen LogP contribution in [0.5, 0.6) is 0 Å². The topological polar surface area (TPSA) is 29.5 Å². The fourth-order valence-electron chi connectivity index (χ4n) is 5.00. The SMILES string of the molecule is COC[C@@H]1CCCN1c1c(P(=O)(c2ccccc2)c2ccccc2)ccc2ccccc12. The van der Waals surface area contributed by atoms with Crippen LogP contribution in [0.3, 0.4) is 0 Å². The number of benzene rings is 4. The van der Waals surface area contributed by atoms with Gasteiger partial charge < -0.3 is 14.2 Å². The molecule has 4 aromatic rings. The lowest BCUT2D eigenvalue weighted by molar-refractivity contribution is 0.181. The van der Waals surface area contributed by atoms with Gasteiger partial charge in [0, 0.05) is 35.0 Å². The van der Waals surface area contributed by atoms with Crippen LogP contribution in [0.15, 0.2) is 97.1 Å². The number of hydrogen-bond acceptors (Lipinski definition) is 3. The van der Waals surface area contributed by atoms with Crippen LogP contribution in [-0.4, -0.2) is 26.3 Å². The number of ether oxygens (including phenoxy) is 1. The Morgan fingerprint density at radius 2 is 1.47 bits per heavy atom. The highest BCUT2D eigenvalue weighted by Crippen LogP contribution is 2.47. The van der Waals surface area contributed by atoms with E-state index in [1.54, 1.807) is 7.11 Å². The summed E-state index contributed by atoms with van der Waals surface area (Å²) in [5.41, 5.74) is 1.10. The molecule has 1 aliphatic heterocycles. The quantitative estimate of drug-likeness (QED) is 0.390. The number of methoxy groups -OCH3 is 1. The standard InChI is InChI=1S/C28H28NO2P/c1-31-21-23-12-10-20-29(23)28-26-17-9-8-11-22(26)18-19-27(28)32(30,24-13-4-2-5-14-24)25-15-6-3-7-16-25/h2-9,11,13-19,23H,10,12,20-21H2,1H3/t23-/m0/s1. The van der Waals surface area contributed by atoms with Gasteiger partial charge in [0.2, 0.25) is 0 Å². The highest BCUT2D eigenvalue weighted by molar-refractivity contribution is 7.85. The fraction of sp³-hybridized carbons (Fsp3) is 0.214. The summed E-state index contributed by atoms with van der Waals surface area (Å²) < 4.78 is 20.8. The van der Waals surface area contributed by atoms with Crippen molar-refractivity contribution in [1.82, 2.24) is 0 Å². The summed E-state index contributed by atoms with van der Waals surface area (Å²) >= 11 is 0. The van der Waals surface area contributed by atoms with Crippen LogP contribution >= 0.6 is 7.14 Å². The normalized spacial score (nSPS) is 16.5. The monoisotopic (exact) mass is 441 g/mol. The van der Waals surface area contributed by atoms with Gasteiger partial charge in [0.05, 0.1) is 18.3 Å². The third kappa shape index (κ3) is 3.56. The molecule has 4 aromatic carbocycles. The van der Waals surface area contributed by atoms with Crippen molar-refractivity contribution >= 4 is 39.5 Å². The number of nitrogens with zero attached hydrogens (tertiary/aromatic N) is 1. The van der Waals surface area contributed by atoms with E-state index in [-0.39, 0.29) is 6.04 Å². The Balaban J connectivity index is 1.83. The summed E-state index contributed by atoms with van der Waals surface area (Å²) in [6, 6.07) is 32.8. The molecule has 162 valence electrons. The summed E-state index contributed by atoms with van der Waals surface area (Å²) in [6.07, 6.45) is 2.19. The molecule has 1 fully saturated rings. The van der Waals surface area contributed by atoms with Crippen LogP contribution in [0.25, 0.3) is 10.8 Å². The molecule has 4 heteroatoms. The molecule has 5 rings (SSSR count). The first-order valence-corrected chi connectivity index (χ1v) is 12.9. The van der Waals surface area contributed by atoms with Gasteiger partial charge in [-0.25, -0.2) is 0 Å². The molecular weight excluding hydrogens is 413 g/mol. The maximum atomic E-state index is 15.2. The van der Waals surface area contributed by atoms with E-state index in [9.17, 15) is 0 Å². The minimum atomic E-state index is -3.10. The van der Waals surface area contributed by atoms with Crippen molar-refractivity contribution in [1.29, 1.82) is 0 Å². The Morgan fingerprint density at radius 3 is 2.12 bits per heavy atom. The van der Waals surface area contributed by atoms with E-state index < -0.39 is 7.14 Å². The Kier molecular flexibility index (Phi) is 5.87. The van der Waals surface area contributed by atoms with Gasteiger partial charge in [-0.15, -0.1) is 0 Å². The highest BCUT2D eigenvalue weighted by Gasteiger charge is 2.36. The molecule has 0 radical (unpaired) electrons. The average molecular weight is 442 g/mol. The van der Waals surface area contributed by atoms with Crippen molar-refractivity contribution in [3.8, 4) is 0 Å². The van der Waals surface area contributed by atoms with Crippen molar-refractivity contribution < 1.29 is 9.30 Å². The molecule has 0 N–H and O–H groups in total. The summed E-state index contributed by atoms with van der Waals surface area (Å²) in [7, 11) is -1.34. The second-order valence-corrected chi connectivity index (χ2v) is 11.1. The zero-order valence-corrected chi connectivity index (χ0v) is 19.2. The number of rotatable bonds is 6. The second-order valence-electron chi connectivity index (χ2n) is 8.38. The van der Waals surface area contributed by atoms with Crippen LogP contribution in [0.1, 0.15) is 12.8 Å². The lowest BCUT2D eigenvalue weighted by Gasteiger charge is -2.32.